The number of ether oxygens (including phenoxy) is 1. The minimum Gasteiger partial charge on any atom is -0.464 e. The molecule has 0 spiro atoms. The van der Waals surface area contributed by atoms with Crippen LogP contribution in [-0.4, -0.2) is 25.0 Å². The Hall–Kier alpha value is -1.11. The molecule has 0 aliphatic rings. The molecule has 4 nitrogen and oxygen atoms in total. The second-order valence-corrected chi connectivity index (χ2v) is 4.24. The van der Waals surface area contributed by atoms with Gasteiger partial charge in [-0.15, -0.1) is 0 Å². The first kappa shape index (κ1) is 13.0. The number of benzene rings is 1. The van der Waals surface area contributed by atoms with E-state index < -0.39 is 0 Å². The molecule has 0 fully saturated rings. The first-order valence-electron chi connectivity index (χ1n) is 4.77. The molecule has 0 saturated carbocycles. The van der Waals surface area contributed by atoms with E-state index in [0.717, 1.165) is 3.57 Å². The first-order chi connectivity index (χ1) is 7.61. The Labute approximate surface area is 108 Å². The minimum absolute atomic E-state index is 0.155. The molecule has 0 bridgehead atoms. The summed E-state index contributed by atoms with van der Waals surface area (Å²) in [4.78, 5) is 22.1. The van der Waals surface area contributed by atoms with E-state index in [2.05, 4.69) is 27.9 Å². The monoisotopic (exact) mass is 333 g/mol. The molecule has 1 amide bonds. The van der Waals surface area contributed by atoms with Crippen LogP contribution in [0.3, 0.4) is 0 Å². The van der Waals surface area contributed by atoms with Gasteiger partial charge in [-0.1, -0.05) is 12.1 Å². The zero-order valence-electron chi connectivity index (χ0n) is 8.83. The van der Waals surface area contributed by atoms with E-state index in [-0.39, 0.29) is 18.5 Å². The van der Waals surface area contributed by atoms with Crippen LogP contribution in [0.4, 0.5) is 0 Å². The third kappa shape index (κ3) is 4.18. The summed E-state index contributed by atoms with van der Waals surface area (Å²) in [5.41, 5.74) is 0.630. The van der Waals surface area contributed by atoms with Crippen LogP contribution in [0, 0.1) is 3.57 Å². The van der Waals surface area contributed by atoms with Gasteiger partial charge in [0.05, 0.1) is 12.1 Å². The number of rotatable bonds is 4. The van der Waals surface area contributed by atoms with Crippen LogP contribution < -0.4 is 5.32 Å². The van der Waals surface area contributed by atoms with E-state index in [1.54, 1.807) is 6.07 Å². The zero-order valence-corrected chi connectivity index (χ0v) is 11.0. The van der Waals surface area contributed by atoms with Crippen LogP contribution in [-0.2, 0) is 9.53 Å². The number of esters is 1. The summed E-state index contributed by atoms with van der Waals surface area (Å²) in [7, 11) is 0. The second kappa shape index (κ2) is 6.47. The number of carbonyl (C=O) groups is 2. The van der Waals surface area contributed by atoms with E-state index in [0.29, 0.717) is 12.1 Å². The smallest absolute Gasteiger partial charge is 0.302 e. The Morgan fingerprint density at radius 1 is 1.38 bits per heavy atom. The highest BCUT2D eigenvalue weighted by Gasteiger charge is 2.07. The van der Waals surface area contributed by atoms with Gasteiger partial charge in [-0.05, 0) is 34.7 Å². The maximum Gasteiger partial charge on any atom is 0.302 e. The van der Waals surface area contributed by atoms with Crippen molar-refractivity contribution in [3.63, 3.8) is 0 Å². The molecule has 0 radical (unpaired) electrons. The summed E-state index contributed by atoms with van der Waals surface area (Å²) in [5, 5.41) is 2.67. The van der Waals surface area contributed by atoms with E-state index in [1.165, 1.54) is 6.92 Å². The number of carbonyl (C=O) groups excluding carboxylic acids is 2. The normalized spacial score (nSPS) is 9.62. The lowest BCUT2D eigenvalue weighted by Gasteiger charge is -2.06. The fourth-order valence-corrected chi connectivity index (χ4v) is 1.73. The maximum atomic E-state index is 11.7. The topological polar surface area (TPSA) is 55.4 Å². The standard InChI is InChI=1S/C11H12INO3/c1-8(14)16-7-6-13-11(15)9-4-2-3-5-10(9)12/h2-5H,6-7H2,1H3,(H,13,15). The highest BCUT2D eigenvalue weighted by Crippen LogP contribution is 2.10. The van der Waals surface area contributed by atoms with Gasteiger partial charge in [0.2, 0.25) is 0 Å². The molecule has 0 heterocycles. The summed E-state index contributed by atoms with van der Waals surface area (Å²) in [6, 6.07) is 7.30. The number of halogens is 1. The fourth-order valence-electron chi connectivity index (χ4n) is 1.10. The molecule has 1 rings (SSSR count). The van der Waals surface area contributed by atoms with Crippen LogP contribution >= 0.6 is 22.6 Å². The van der Waals surface area contributed by atoms with Gasteiger partial charge in [0.25, 0.3) is 5.91 Å². The van der Waals surface area contributed by atoms with E-state index >= 15 is 0 Å². The van der Waals surface area contributed by atoms with Crippen LogP contribution in [0.2, 0.25) is 0 Å². The molecular formula is C11H12INO3. The summed E-state index contributed by atoms with van der Waals surface area (Å²) < 4.78 is 5.60. The second-order valence-electron chi connectivity index (χ2n) is 3.08. The molecule has 1 N–H and O–H groups in total. The number of nitrogens with one attached hydrogen (secondary N) is 1. The molecule has 0 aliphatic carbocycles. The molecule has 5 heteroatoms. The molecule has 16 heavy (non-hydrogen) atoms. The molecule has 0 aliphatic heterocycles. The van der Waals surface area contributed by atoms with Gasteiger partial charge in [0.15, 0.2) is 0 Å². The van der Waals surface area contributed by atoms with Gasteiger partial charge in [-0.3, -0.25) is 9.59 Å². The van der Waals surface area contributed by atoms with Crippen molar-refractivity contribution in [2.75, 3.05) is 13.2 Å². The van der Waals surface area contributed by atoms with Gasteiger partial charge < -0.3 is 10.1 Å². The van der Waals surface area contributed by atoms with Crippen molar-refractivity contribution in [1.82, 2.24) is 5.32 Å². The summed E-state index contributed by atoms with van der Waals surface area (Å²) >= 11 is 2.10. The Morgan fingerprint density at radius 2 is 2.06 bits per heavy atom. The Morgan fingerprint density at radius 3 is 2.69 bits per heavy atom. The Kier molecular flexibility index (Phi) is 5.24. The molecule has 1 aromatic rings. The third-order valence-corrected chi connectivity index (χ3v) is 2.75. The average molecular weight is 333 g/mol. The van der Waals surface area contributed by atoms with Crippen LogP contribution in [0.5, 0.6) is 0 Å². The number of hydrogen-bond acceptors (Lipinski definition) is 3. The van der Waals surface area contributed by atoms with Gasteiger partial charge >= 0.3 is 5.97 Å². The SMILES string of the molecule is CC(=O)OCCNC(=O)c1ccccc1I. The van der Waals surface area contributed by atoms with E-state index in [4.69, 9.17) is 4.74 Å². The summed E-state index contributed by atoms with van der Waals surface area (Å²) in [6.07, 6.45) is 0. The highest BCUT2D eigenvalue weighted by molar-refractivity contribution is 14.1. The van der Waals surface area contributed by atoms with Crippen molar-refractivity contribution >= 4 is 34.5 Å². The molecule has 1 aromatic carbocycles. The van der Waals surface area contributed by atoms with Crippen LogP contribution in [0.25, 0.3) is 0 Å². The molecule has 0 saturated heterocycles. The number of amides is 1. The van der Waals surface area contributed by atoms with Crippen molar-refractivity contribution in [2.45, 2.75) is 6.92 Å². The lowest BCUT2D eigenvalue weighted by atomic mass is 10.2. The van der Waals surface area contributed by atoms with Crippen molar-refractivity contribution in [2.24, 2.45) is 0 Å². The summed E-state index contributed by atoms with van der Waals surface area (Å²) in [6.45, 7) is 1.86. The zero-order chi connectivity index (χ0) is 12.0. The molecule has 86 valence electrons. The third-order valence-electron chi connectivity index (χ3n) is 1.81. The maximum absolute atomic E-state index is 11.7. The van der Waals surface area contributed by atoms with Crippen molar-refractivity contribution in [3.8, 4) is 0 Å². The Balaban J connectivity index is 2.41. The van der Waals surface area contributed by atoms with E-state index in [9.17, 15) is 9.59 Å². The summed E-state index contributed by atoms with van der Waals surface area (Å²) in [5.74, 6) is -0.499. The van der Waals surface area contributed by atoms with Gasteiger partial charge in [0, 0.05) is 10.5 Å². The highest BCUT2D eigenvalue weighted by atomic mass is 127. The molecule has 0 aromatic heterocycles. The molecule has 0 unspecified atom stereocenters. The van der Waals surface area contributed by atoms with Gasteiger partial charge in [-0.25, -0.2) is 0 Å². The average Bonchev–Trinajstić information content (AvgIpc) is 2.24. The van der Waals surface area contributed by atoms with Gasteiger partial charge in [-0.2, -0.15) is 0 Å². The van der Waals surface area contributed by atoms with Crippen LogP contribution in [0.15, 0.2) is 24.3 Å². The first-order valence-corrected chi connectivity index (χ1v) is 5.85. The number of hydrogen-bond donors (Lipinski definition) is 1. The molecular weight excluding hydrogens is 321 g/mol. The minimum atomic E-state index is -0.344. The van der Waals surface area contributed by atoms with E-state index in [1.807, 2.05) is 18.2 Å². The predicted molar refractivity (Wildman–Crippen MR) is 68.1 cm³/mol. The quantitative estimate of drug-likeness (QED) is 0.517. The van der Waals surface area contributed by atoms with Crippen molar-refractivity contribution in [1.29, 1.82) is 0 Å². The van der Waals surface area contributed by atoms with Crippen molar-refractivity contribution in [3.05, 3.63) is 33.4 Å². The fraction of sp³-hybridized carbons (Fsp3) is 0.273. The van der Waals surface area contributed by atoms with Crippen LogP contribution in [0.1, 0.15) is 17.3 Å². The lowest BCUT2D eigenvalue weighted by molar-refractivity contribution is -0.140. The van der Waals surface area contributed by atoms with Crippen molar-refractivity contribution < 1.29 is 14.3 Å². The van der Waals surface area contributed by atoms with Gasteiger partial charge in [0.1, 0.15) is 6.61 Å². The Bertz CT molecular complexity index is 393. The largest absolute Gasteiger partial charge is 0.464 e. The predicted octanol–water partition coefficient (Wildman–Crippen LogP) is 1.58. The molecule has 0 atom stereocenters. The lowest BCUT2D eigenvalue weighted by Crippen LogP contribution is -2.28.